The van der Waals surface area contributed by atoms with Crippen LogP contribution in [-0.4, -0.2) is 41.2 Å². The molecule has 1 N–H and O–H groups in total. The minimum Gasteiger partial charge on any atom is -0.270 e. The van der Waals surface area contributed by atoms with E-state index in [4.69, 9.17) is 0 Å². The zero-order valence-corrected chi connectivity index (χ0v) is 14.8. The van der Waals surface area contributed by atoms with E-state index in [2.05, 4.69) is 8.91 Å². The number of nitrogens with one attached hydrogen (secondary N) is 1. The average molecular weight is 380 g/mol. The molecule has 0 aliphatic carbocycles. The lowest BCUT2D eigenvalue weighted by Crippen LogP contribution is -2.24. The highest BCUT2D eigenvalue weighted by molar-refractivity contribution is 7.89. The molecule has 0 radical (unpaired) electrons. The Hall–Kier alpha value is -1.56. The lowest BCUT2D eigenvalue weighted by molar-refractivity contribution is -0.385. The summed E-state index contributed by atoms with van der Waals surface area (Å²) in [5.74, 6) is 0. The Morgan fingerprint density at radius 1 is 1.12 bits per heavy atom. The number of rotatable bonds is 11. The van der Waals surface area contributed by atoms with Gasteiger partial charge in [-0.3, -0.25) is 14.3 Å². The first-order valence-electron chi connectivity index (χ1n) is 7.20. The molecule has 0 fully saturated rings. The third kappa shape index (κ3) is 7.81. The molecule has 0 aromatic heterocycles. The second-order valence-corrected chi connectivity index (χ2v) is 8.50. The van der Waals surface area contributed by atoms with Crippen LogP contribution in [0.5, 0.6) is 0 Å². The van der Waals surface area contributed by atoms with E-state index in [0.717, 1.165) is 12.3 Å². The molecule has 0 saturated carbocycles. The first-order valence-corrected chi connectivity index (χ1v) is 10.5. The zero-order valence-electron chi connectivity index (χ0n) is 13.2. The van der Waals surface area contributed by atoms with Crippen LogP contribution in [0.3, 0.4) is 0 Å². The summed E-state index contributed by atoms with van der Waals surface area (Å²) in [6.07, 6.45) is 3.51. The van der Waals surface area contributed by atoms with Crippen LogP contribution in [0.15, 0.2) is 29.2 Å². The lowest BCUT2D eigenvalue weighted by Gasteiger charge is -2.07. The molecule has 0 aliphatic heterocycles. The van der Waals surface area contributed by atoms with Crippen LogP contribution >= 0.6 is 0 Å². The van der Waals surface area contributed by atoms with Crippen molar-refractivity contribution < 1.29 is 25.9 Å². The van der Waals surface area contributed by atoms with Gasteiger partial charge in [-0.2, -0.15) is 8.42 Å². The summed E-state index contributed by atoms with van der Waals surface area (Å²) in [5, 5.41) is 10.7. The summed E-state index contributed by atoms with van der Waals surface area (Å²) in [7, 11) is -7.21. The molecule has 9 nitrogen and oxygen atoms in total. The number of non-ortho nitro benzene ring substituents is 1. The molecule has 0 heterocycles. The van der Waals surface area contributed by atoms with E-state index >= 15 is 0 Å². The maximum absolute atomic E-state index is 12.0. The van der Waals surface area contributed by atoms with Gasteiger partial charge >= 0.3 is 0 Å². The summed E-state index contributed by atoms with van der Waals surface area (Å²) in [6, 6.07) is 4.83. The second-order valence-electron chi connectivity index (χ2n) is 5.09. The van der Waals surface area contributed by atoms with Crippen LogP contribution in [0.1, 0.15) is 25.7 Å². The van der Waals surface area contributed by atoms with Gasteiger partial charge in [0.1, 0.15) is 0 Å². The number of nitro groups is 1. The minimum absolute atomic E-state index is 0.109. The van der Waals surface area contributed by atoms with Gasteiger partial charge in [-0.1, -0.05) is 18.9 Å². The zero-order chi connectivity index (χ0) is 18.2. The van der Waals surface area contributed by atoms with E-state index in [1.54, 1.807) is 0 Å². The van der Waals surface area contributed by atoms with Crippen molar-refractivity contribution in [2.24, 2.45) is 0 Å². The van der Waals surface area contributed by atoms with Gasteiger partial charge in [-0.15, -0.1) is 0 Å². The standard InChI is InChI=1S/C13H20N2O7S2/c1-23(18,19)22-10-5-3-2-4-9-14-24(20,21)13-8-6-7-12(11-13)15(16)17/h6-8,11,14H,2-5,9-10H2,1H3. The maximum atomic E-state index is 12.0. The molecule has 1 aromatic carbocycles. The molecule has 0 spiro atoms. The smallest absolute Gasteiger partial charge is 0.270 e. The van der Waals surface area contributed by atoms with Crippen LogP contribution in [0, 0.1) is 10.1 Å². The molecule has 0 saturated heterocycles. The Morgan fingerprint density at radius 3 is 2.42 bits per heavy atom. The first-order chi connectivity index (χ1) is 11.1. The normalized spacial score (nSPS) is 12.2. The molecule has 1 aromatic rings. The molecule has 136 valence electrons. The van der Waals surface area contributed by atoms with Gasteiger partial charge < -0.3 is 0 Å². The number of benzene rings is 1. The van der Waals surface area contributed by atoms with Crippen molar-refractivity contribution in [3.63, 3.8) is 0 Å². The topological polar surface area (TPSA) is 133 Å². The maximum Gasteiger partial charge on any atom is 0.270 e. The predicted octanol–water partition coefficient (Wildman–Crippen LogP) is 1.41. The summed E-state index contributed by atoms with van der Waals surface area (Å²) >= 11 is 0. The summed E-state index contributed by atoms with van der Waals surface area (Å²) in [4.78, 5) is 9.86. The number of unbranched alkanes of at least 4 members (excludes halogenated alkanes) is 3. The third-order valence-electron chi connectivity index (χ3n) is 3.00. The van der Waals surface area contributed by atoms with Crippen LogP contribution in [-0.2, 0) is 24.3 Å². The summed E-state index contributed by atoms with van der Waals surface area (Å²) in [6.45, 7) is 0.302. The van der Waals surface area contributed by atoms with E-state index < -0.39 is 25.1 Å². The highest BCUT2D eigenvalue weighted by atomic mass is 32.2. The molecule has 11 heteroatoms. The Morgan fingerprint density at radius 2 is 1.79 bits per heavy atom. The van der Waals surface area contributed by atoms with Crippen molar-refractivity contribution in [3.8, 4) is 0 Å². The number of hydrogen-bond donors (Lipinski definition) is 1. The largest absolute Gasteiger partial charge is 0.270 e. The molecule has 0 amide bonds. The first kappa shape index (κ1) is 20.5. The van der Waals surface area contributed by atoms with Gasteiger partial charge in [0.25, 0.3) is 15.8 Å². The molecule has 0 atom stereocenters. The number of nitrogens with zero attached hydrogens (tertiary/aromatic N) is 1. The van der Waals surface area contributed by atoms with Gasteiger partial charge in [0, 0.05) is 18.7 Å². The fourth-order valence-corrected chi connectivity index (χ4v) is 3.38. The molecule has 0 bridgehead atoms. The SMILES string of the molecule is CS(=O)(=O)OCCCCCCNS(=O)(=O)c1cccc([N+](=O)[O-])c1. The van der Waals surface area contributed by atoms with Crippen molar-refractivity contribution in [2.45, 2.75) is 30.6 Å². The second kappa shape index (κ2) is 9.06. The molecule has 24 heavy (non-hydrogen) atoms. The third-order valence-corrected chi connectivity index (χ3v) is 5.05. The van der Waals surface area contributed by atoms with Crippen molar-refractivity contribution in [3.05, 3.63) is 34.4 Å². The van der Waals surface area contributed by atoms with E-state index in [1.165, 1.54) is 18.2 Å². The monoisotopic (exact) mass is 380 g/mol. The quantitative estimate of drug-likeness (QED) is 0.265. The number of hydrogen-bond acceptors (Lipinski definition) is 7. The minimum atomic E-state index is -3.79. The Kier molecular flexibility index (Phi) is 7.73. The van der Waals surface area contributed by atoms with Gasteiger partial charge in [0.15, 0.2) is 0 Å². The van der Waals surface area contributed by atoms with E-state index in [1.807, 2.05) is 0 Å². The van der Waals surface area contributed by atoms with Crippen molar-refractivity contribution >= 4 is 25.8 Å². The van der Waals surface area contributed by atoms with Gasteiger partial charge in [0.05, 0.1) is 22.7 Å². The Balaban J connectivity index is 2.34. The highest BCUT2D eigenvalue weighted by Gasteiger charge is 2.16. The summed E-state index contributed by atoms with van der Waals surface area (Å²) in [5.41, 5.74) is -0.288. The number of sulfonamides is 1. The van der Waals surface area contributed by atoms with Crippen LogP contribution < -0.4 is 4.72 Å². The lowest BCUT2D eigenvalue weighted by atomic mass is 10.2. The van der Waals surface area contributed by atoms with Crippen LogP contribution in [0.25, 0.3) is 0 Å². The Bertz CT molecular complexity index is 760. The fourth-order valence-electron chi connectivity index (χ4n) is 1.85. The molecule has 0 aliphatic rings. The summed E-state index contributed by atoms with van der Waals surface area (Å²) < 4.78 is 52.5. The highest BCUT2D eigenvalue weighted by Crippen LogP contribution is 2.17. The van der Waals surface area contributed by atoms with E-state index in [0.29, 0.717) is 25.7 Å². The van der Waals surface area contributed by atoms with E-state index in [9.17, 15) is 26.9 Å². The molecular formula is C13H20N2O7S2. The fraction of sp³-hybridized carbons (Fsp3) is 0.538. The van der Waals surface area contributed by atoms with Gasteiger partial charge in [0.2, 0.25) is 10.0 Å². The van der Waals surface area contributed by atoms with Gasteiger partial charge in [-0.05, 0) is 18.9 Å². The van der Waals surface area contributed by atoms with Crippen molar-refractivity contribution in [1.29, 1.82) is 0 Å². The Labute approximate surface area is 141 Å². The van der Waals surface area contributed by atoms with Crippen molar-refractivity contribution in [2.75, 3.05) is 19.4 Å². The van der Waals surface area contributed by atoms with Gasteiger partial charge in [-0.25, -0.2) is 13.1 Å². The van der Waals surface area contributed by atoms with E-state index in [-0.39, 0.29) is 23.7 Å². The predicted molar refractivity (Wildman–Crippen MR) is 87.5 cm³/mol. The van der Waals surface area contributed by atoms with Crippen molar-refractivity contribution in [1.82, 2.24) is 4.72 Å². The van der Waals surface area contributed by atoms with Crippen LogP contribution in [0.2, 0.25) is 0 Å². The molecule has 1 rings (SSSR count). The van der Waals surface area contributed by atoms with Crippen LogP contribution in [0.4, 0.5) is 5.69 Å². The number of nitro benzene ring substituents is 1. The molecule has 0 unspecified atom stereocenters. The molecular weight excluding hydrogens is 360 g/mol. The average Bonchev–Trinajstić information content (AvgIpc) is 2.49.